The summed E-state index contributed by atoms with van der Waals surface area (Å²) in [4.78, 5) is 27.8. The number of phenolic OH excluding ortho intramolecular Hbond substituents is 1. The maximum absolute atomic E-state index is 13.4. The molecule has 1 saturated heterocycles. The Hall–Kier alpha value is -3.48. The van der Waals surface area contributed by atoms with Crippen molar-refractivity contribution in [2.75, 3.05) is 12.0 Å². The number of carbonyl (C=O) groups excluding carboxylic acids is 2. The van der Waals surface area contributed by atoms with Crippen molar-refractivity contribution in [3.05, 3.63) is 93.0 Å². The van der Waals surface area contributed by atoms with Gasteiger partial charge in [-0.3, -0.25) is 14.5 Å². The van der Waals surface area contributed by atoms with Crippen molar-refractivity contribution in [1.29, 1.82) is 0 Å². The molecule has 8 heteroatoms. The predicted octanol–water partition coefficient (Wildman–Crippen LogP) is 6.63. The Morgan fingerprint density at radius 1 is 0.972 bits per heavy atom. The molecule has 3 aromatic carbocycles. The number of aliphatic hydroxyl groups is 1. The van der Waals surface area contributed by atoms with Crippen molar-refractivity contribution in [1.82, 2.24) is 0 Å². The van der Waals surface area contributed by atoms with Gasteiger partial charge in [0.25, 0.3) is 11.7 Å². The molecule has 0 spiro atoms. The third kappa shape index (κ3) is 4.54. The van der Waals surface area contributed by atoms with Gasteiger partial charge >= 0.3 is 0 Å². The van der Waals surface area contributed by atoms with Gasteiger partial charge in [0, 0.05) is 10.6 Å². The van der Waals surface area contributed by atoms with Crippen molar-refractivity contribution in [2.45, 2.75) is 32.2 Å². The van der Waals surface area contributed by atoms with E-state index in [1.807, 2.05) is 12.1 Å². The van der Waals surface area contributed by atoms with Crippen LogP contribution < -0.4 is 9.64 Å². The Bertz CT molecular complexity index is 1390. The molecule has 1 aliphatic heterocycles. The van der Waals surface area contributed by atoms with Crippen LogP contribution in [0.15, 0.2) is 66.2 Å². The number of nitrogens with zero attached hydrogens (tertiary/aromatic N) is 1. The molecule has 4 rings (SSSR count). The second kappa shape index (κ2) is 9.52. The number of methoxy groups -OCH3 is 1. The smallest absolute Gasteiger partial charge is 0.300 e. The van der Waals surface area contributed by atoms with Crippen molar-refractivity contribution in [3.8, 4) is 11.5 Å². The van der Waals surface area contributed by atoms with E-state index in [1.54, 1.807) is 12.1 Å². The van der Waals surface area contributed by atoms with E-state index in [0.29, 0.717) is 16.3 Å². The molecule has 186 valence electrons. The number of rotatable bonds is 4. The molecule has 1 atom stereocenters. The van der Waals surface area contributed by atoms with Gasteiger partial charge in [0.2, 0.25) is 0 Å². The van der Waals surface area contributed by atoms with E-state index < -0.39 is 23.5 Å². The second-order valence-corrected chi connectivity index (χ2v) is 10.4. The number of halogens is 2. The number of hydrogen-bond donors (Lipinski definition) is 2. The number of ketones is 1. The largest absolute Gasteiger partial charge is 0.507 e. The van der Waals surface area contributed by atoms with E-state index >= 15 is 0 Å². The number of phenols is 1. The van der Waals surface area contributed by atoms with Crippen LogP contribution in [0.1, 0.15) is 43.5 Å². The zero-order valence-corrected chi connectivity index (χ0v) is 21.7. The van der Waals surface area contributed by atoms with Crippen molar-refractivity contribution in [3.63, 3.8) is 0 Å². The van der Waals surface area contributed by atoms with Gasteiger partial charge in [-0.05, 0) is 52.9 Å². The van der Waals surface area contributed by atoms with Crippen LogP contribution in [0.4, 0.5) is 5.69 Å². The molecule has 3 aromatic rings. The number of ether oxygens (including phenoxy) is 1. The van der Waals surface area contributed by atoms with Crippen LogP contribution in [0.2, 0.25) is 10.0 Å². The Kier molecular flexibility index (Phi) is 6.78. The van der Waals surface area contributed by atoms with Gasteiger partial charge in [0.15, 0.2) is 0 Å². The SMILES string of the molecule is COc1cc(/C(O)=C2\C(=O)C(=O)N(c3cc(Cl)ccc3O)C2c2ccc(C(C)(C)C)cc2)ccc1Cl. The maximum Gasteiger partial charge on any atom is 0.300 e. The van der Waals surface area contributed by atoms with E-state index in [0.717, 1.165) is 10.5 Å². The van der Waals surface area contributed by atoms with Gasteiger partial charge in [-0.25, -0.2) is 0 Å². The highest BCUT2D eigenvalue weighted by Gasteiger charge is 2.47. The number of aromatic hydroxyl groups is 1. The van der Waals surface area contributed by atoms with E-state index in [-0.39, 0.29) is 33.0 Å². The number of amides is 1. The number of carbonyl (C=O) groups is 2. The molecule has 2 N–H and O–H groups in total. The minimum atomic E-state index is -1.02. The monoisotopic (exact) mass is 525 g/mol. The topological polar surface area (TPSA) is 87.1 Å². The van der Waals surface area contributed by atoms with Crippen LogP contribution in [-0.2, 0) is 15.0 Å². The fourth-order valence-corrected chi connectivity index (χ4v) is 4.57. The summed E-state index contributed by atoms with van der Waals surface area (Å²) in [5.74, 6) is -2.12. The first-order valence-corrected chi connectivity index (χ1v) is 11.9. The van der Waals surface area contributed by atoms with Gasteiger partial charge in [-0.2, -0.15) is 0 Å². The molecule has 6 nitrogen and oxygen atoms in total. The summed E-state index contributed by atoms with van der Waals surface area (Å²) in [6.45, 7) is 6.23. The molecular formula is C28H25Cl2NO5. The number of anilines is 1. The Labute approximate surface area is 219 Å². The summed E-state index contributed by atoms with van der Waals surface area (Å²) in [6.07, 6.45) is 0. The Morgan fingerprint density at radius 2 is 1.64 bits per heavy atom. The molecule has 1 aliphatic rings. The van der Waals surface area contributed by atoms with Gasteiger partial charge in [-0.15, -0.1) is 0 Å². The highest BCUT2D eigenvalue weighted by atomic mass is 35.5. The average Bonchev–Trinajstić information content (AvgIpc) is 3.10. The van der Waals surface area contributed by atoms with Crippen molar-refractivity contribution in [2.24, 2.45) is 0 Å². The molecule has 1 amide bonds. The lowest BCUT2D eigenvalue weighted by atomic mass is 9.85. The fraction of sp³-hybridized carbons (Fsp3) is 0.214. The first-order valence-electron chi connectivity index (χ1n) is 11.2. The normalized spacial score (nSPS) is 17.5. The second-order valence-electron chi connectivity index (χ2n) is 9.52. The van der Waals surface area contributed by atoms with Crippen LogP contribution in [0, 0.1) is 0 Å². The number of benzene rings is 3. The molecule has 1 heterocycles. The average molecular weight is 526 g/mol. The maximum atomic E-state index is 13.4. The minimum absolute atomic E-state index is 0.0576. The van der Waals surface area contributed by atoms with E-state index in [1.165, 1.54) is 43.5 Å². The summed E-state index contributed by atoms with van der Waals surface area (Å²) in [5, 5.41) is 22.5. The van der Waals surface area contributed by atoms with Crippen LogP contribution in [-0.4, -0.2) is 29.0 Å². The molecular weight excluding hydrogens is 501 g/mol. The molecule has 0 aromatic heterocycles. The highest BCUT2D eigenvalue weighted by Crippen LogP contribution is 2.46. The first-order chi connectivity index (χ1) is 16.9. The molecule has 1 unspecified atom stereocenters. The summed E-state index contributed by atoms with van der Waals surface area (Å²) >= 11 is 12.3. The van der Waals surface area contributed by atoms with E-state index in [2.05, 4.69) is 20.8 Å². The van der Waals surface area contributed by atoms with Gasteiger partial charge < -0.3 is 14.9 Å². The van der Waals surface area contributed by atoms with E-state index in [9.17, 15) is 19.8 Å². The van der Waals surface area contributed by atoms with Crippen molar-refractivity contribution >= 4 is 46.3 Å². The van der Waals surface area contributed by atoms with Crippen molar-refractivity contribution < 1.29 is 24.5 Å². The first kappa shape index (κ1) is 25.6. The zero-order chi connectivity index (χ0) is 26.4. The summed E-state index contributed by atoms with van der Waals surface area (Å²) in [7, 11) is 1.43. The summed E-state index contributed by atoms with van der Waals surface area (Å²) < 4.78 is 5.25. The van der Waals surface area contributed by atoms with Crippen LogP contribution in [0.25, 0.3) is 5.76 Å². The molecule has 0 bridgehead atoms. The van der Waals surface area contributed by atoms with E-state index in [4.69, 9.17) is 27.9 Å². The lowest BCUT2D eigenvalue weighted by Gasteiger charge is -2.27. The molecule has 0 aliphatic carbocycles. The third-order valence-electron chi connectivity index (χ3n) is 6.16. The molecule has 36 heavy (non-hydrogen) atoms. The third-order valence-corrected chi connectivity index (χ3v) is 6.71. The molecule has 0 saturated carbocycles. The lowest BCUT2D eigenvalue weighted by molar-refractivity contribution is -0.132. The molecule has 1 fully saturated rings. The quantitative estimate of drug-likeness (QED) is 0.226. The number of Topliss-reactive ketones (excluding diaryl/α,β-unsaturated/α-hetero) is 1. The zero-order valence-electron chi connectivity index (χ0n) is 20.2. The van der Waals surface area contributed by atoms with Gasteiger partial charge in [-0.1, -0.05) is 68.2 Å². The predicted molar refractivity (Wildman–Crippen MR) is 141 cm³/mol. The van der Waals surface area contributed by atoms with Crippen LogP contribution >= 0.6 is 23.2 Å². The minimum Gasteiger partial charge on any atom is -0.507 e. The molecule has 0 radical (unpaired) electrons. The van der Waals surface area contributed by atoms with Crippen LogP contribution in [0.5, 0.6) is 11.5 Å². The number of aliphatic hydroxyl groups excluding tert-OH is 1. The summed E-state index contributed by atoms with van der Waals surface area (Å²) in [6, 6.07) is 15.2. The fourth-order valence-electron chi connectivity index (χ4n) is 4.21. The standard InChI is InChI=1S/C28H25Cl2NO5/c1-28(2,3)17-8-5-15(6-9-17)24-23(25(33)16-7-11-19(30)22(13-16)36-4)26(34)27(35)31(24)20-14-18(29)10-12-21(20)32/h5-14,24,32-33H,1-4H3/b25-23+. The van der Waals surface area contributed by atoms with Crippen LogP contribution in [0.3, 0.4) is 0 Å². The van der Waals surface area contributed by atoms with Gasteiger partial charge in [0.1, 0.15) is 17.3 Å². The van der Waals surface area contributed by atoms with Gasteiger partial charge in [0.05, 0.1) is 29.4 Å². The number of hydrogen-bond acceptors (Lipinski definition) is 5. The highest BCUT2D eigenvalue weighted by molar-refractivity contribution is 6.52. The Morgan fingerprint density at radius 3 is 2.25 bits per heavy atom. The Balaban J connectivity index is 1.97. The lowest BCUT2D eigenvalue weighted by Crippen LogP contribution is -2.29. The summed E-state index contributed by atoms with van der Waals surface area (Å²) in [5.41, 5.74) is 1.68.